The van der Waals surface area contributed by atoms with Gasteiger partial charge in [-0.3, -0.25) is 11.3 Å². The zero-order chi connectivity index (χ0) is 13.8. The van der Waals surface area contributed by atoms with Crippen LogP contribution < -0.4 is 16.0 Å². The molecule has 19 heavy (non-hydrogen) atoms. The maximum absolute atomic E-state index is 13.3. The highest BCUT2D eigenvalue weighted by atomic mass is 32.1. The molecule has 3 N–H and O–H groups in total. The molecule has 1 unspecified atom stereocenters. The second kappa shape index (κ2) is 6.14. The van der Waals surface area contributed by atoms with Crippen molar-refractivity contribution in [3.8, 4) is 5.75 Å². The first-order valence-electron chi connectivity index (χ1n) is 5.97. The molecule has 0 bridgehead atoms. The Bertz CT molecular complexity index is 556. The van der Waals surface area contributed by atoms with Crippen LogP contribution in [0.4, 0.5) is 4.39 Å². The van der Waals surface area contributed by atoms with E-state index >= 15 is 0 Å². The van der Waals surface area contributed by atoms with Gasteiger partial charge in [-0.15, -0.1) is 11.3 Å². The van der Waals surface area contributed by atoms with E-state index in [9.17, 15) is 4.39 Å². The van der Waals surface area contributed by atoms with Gasteiger partial charge in [0.05, 0.1) is 13.2 Å². The van der Waals surface area contributed by atoms with E-state index in [1.165, 1.54) is 6.07 Å². The topological polar surface area (TPSA) is 47.3 Å². The van der Waals surface area contributed by atoms with E-state index in [4.69, 9.17) is 10.6 Å². The van der Waals surface area contributed by atoms with Crippen LogP contribution in [-0.2, 0) is 6.42 Å². The molecule has 2 rings (SSSR count). The van der Waals surface area contributed by atoms with Gasteiger partial charge in [0.1, 0.15) is 11.6 Å². The monoisotopic (exact) mass is 280 g/mol. The second-order valence-electron chi connectivity index (χ2n) is 4.38. The third kappa shape index (κ3) is 3.32. The molecule has 1 aromatic heterocycles. The van der Waals surface area contributed by atoms with Crippen molar-refractivity contribution in [3.05, 3.63) is 51.5 Å². The lowest BCUT2D eigenvalue weighted by molar-refractivity contribution is 0.415. The minimum absolute atomic E-state index is 0.0469. The fraction of sp³-hybridized carbons (Fsp3) is 0.286. The quantitative estimate of drug-likeness (QED) is 0.654. The standard InChI is InChI=1S/C14H17FN2OS/c1-9-3-4-11(15)5-10(9)6-13(17-16)14-7-12(18-2)8-19-14/h3-5,7-8,13,17H,6,16H2,1-2H3. The van der Waals surface area contributed by atoms with Gasteiger partial charge in [0.2, 0.25) is 0 Å². The second-order valence-corrected chi connectivity index (χ2v) is 5.33. The highest BCUT2D eigenvalue weighted by Crippen LogP contribution is 2.29. The Balaban J connectivity index is 2.21. The van der Waals surface area contributed by atoms with E-state index in [1.54, 1.807) is 30.6 Å². The molecule has 0 aliphatic heterocycles. The molecule has 102 valence electrons. The zero-order valence-electron chi connectivity index (χ0n) is 10.9. The molecule has 0 aliphatic carbocycles. The summed E-state index contributed by atoms with van der Waals surface area (Å²) in [6.45, 7) is 1.97. The number of aryl methyl sites for hydroxylation is 1. The first-order chi connectivity index (χ1) is 9.13. The van der Waals surface area contributed by atoms with Crippen LogP contribution in [0.5, 0.6) is 5.75 Å². The summed E-state index contributed by atoms with van der Waals surface area (Å²) in [6, 6.07) is 6.72. The molecule has 0 amide bonds. The summed E-state index contributed by atoms with van der Waals surface area (Å²) in [5, 5.41) is 1.93. The van der Waals surface area contributed by atoms with Crippen LogP contribution in [0.2, 0.25) is 0 Å². The van der Waals surface area contributed by atoms with Gasteiger partial charge >= 0.3 is 0 Å². The number of hydrogen-bond acceptors (Lipinski definition) is 4. The minimum Gasteiger partial charge on any atom is -0.496 e. The number of hydrazine groups is 1. The largest absolute Gasteiger partial charge is 0.496 e. The van der Waals surface area contributed by atoms with Crippen molar-refractivity contribution in [3.63, 3.8) is 0 Å². The number of thiophene rings is 1. The first-order valence-corrected chi connectivity index (χ1v) is 6.85. The molecular formula is C14H17FN2OS. The Morgan fingerprint density at radius 2 is 2.21 bits per heavy atom. The Kier molecular flexibility index (Phi) is 4.52. The van der Waals surface area contributed by atoms with Gasteiger partial charge < -0.3 is 4.74 Å². The molecule has 5 heteroatoms. The van der Waals surface area contributed by atoms with Gasteiger partial charge in [-0.1, -0.05) is 6.07 Å². The summed E-state index contributed by atoms with van der Waals surface area (Å²) in [7, 11) is 1.63. The van der Waals surface area contributed by atoms with Crippen LogP contribution in [-0.4, -0.2) is 7.11 Å². The molecule has 0 spiro atoms. The van der Waals surface area contributed by atoms with Crippen molar-refractivity contribution in [2.24, 2.45) is 5.84 Å². The molecular weight excluding hydrogens is 263 g/mol. The summed E-state index contributed by atoms with van der Waals surface area (Å²) in [5.41, 5.74) is 4.80. The number of hydrogen-bond donors (Lipinski definition) is 2. The normalized spacial score (nSPS) is 12.4. The smallest absolute Gasteiger partial charge is 0.129 e. The van der Waals surface area contributed by atoms with Gasteiger partial charge in [0.15, 0.2) is 0 Å². The third-order valence-electron chi connectivity index (χ3n) is 3.11. The molecule has 2 aromatic rings. The molecule has 0 aliphatic rings. The number of halogens is 1. The van der Waals surface area contributed by atoms with E-state index in [-0.39, 0.29) is 11.9 Å². The Morgan fingerprint density at radius 3 is 2.84 bits per heavy atom. The van der Waals surface area contributed by atoms with Crippen molar-refractivity contribution < 1.29 is 9.13 Å². The first kappa shape index (κ1) is 14.0. The average molecular weight is 280 g/mol. The van der Waals surface area contributed by atoms with Gasteiger partial charge in [0, 0.05) is 10.3 Å². The molecule has 0 fully saturated rings. The maximum Gasteiger partial charge on any atom is 0.129 e. The SMILES string of the molecule is COc1csc(C(Cc2cc(F)ccc2C)NN)c1. The van der Waals surface area contributed by atoms with Crippen LogP contribution in [0.3, 0.4) is 0 Å². The number of nitrogens with two attached hydrogens (primary N) is 1. The third-order valence-corrected chi connectivity index (χ3v) is 4.14. The lowest BCUT2D eigenvalue weighted by Crippen LogP contribution is -2.29. The lowest BCUT2D eigenvalue weighted by atomic mass is 10.0. The van der Waals surface area contributed by atoms with Gasteiger partial charge in [-0.2, -0.15) is 0 Å². The van der Waals surface area contributed by atoms with Crippen LogP contribution in [0.1, 0.15) is 22.0 Å². The Hall–Kier alpha value is -1.43. The van der Waals surface area contributed by atoms with Crippen molar-refractivity contribution in [2.45, 2.75) is 19.4 Å². The van der Waals surface area contributed by atoms with Gasteiger partial charge in [-0.25, -0.2) is 4.39 Å². The molecule has 3 nitrogen and oxygen atoms in total. The summed E-state index contributed by atoms with van der Waals surface area (Å²) in [6.07, 6.45) is 0.643. The highest BCUT2D eigenvalue weighted by Gasteiger charge is 2.15. The molecule has 0 saturated heterocycles. The number of rotatable bonds is 5. The Labute approximate surface area is 116 Å². The van der Waals surface area contributed by atoms with E-state index in [1.807, 2.05) is 18.4 Å². The number of methoxy groups -OCH3 is 1. The van der Waals surface area contributed by atoms with E-state index in [0.29, 0.717) is 6.42 Å². The fourth-order valence-electron chi connectivity index (χ4n) is 1.95. The van der Waals surface area contributed by atoms with Gasteiger partial charge in [-0.05, 0) is 42.7 Å². The zero-order valence-corrected chi connectivity index (χ0v) is 11.8. The summed E-state index contributed by atoms with van der Waals surface area (Å²) >= 11 is 1.57. The summed E-state index contributed by atoms with van der Waals surface area (Å²) < 4.78 is 18.5. The summed E-state index contributed by atoms with van der Waals surface area (Å²) in [4.78, 5) is 1.07. The van der Waals surface area contributed by atoms with Crippen molar-refractivity contribution in [2.75, 3.05) is 7.11 Å². The van der Waals surface area contributed by atoms with Crippen molar-refractivity contribution in [1.82, 2.24) is 5.43 Å². The van der Waals surface area contributed by atoms with Crippen LogP contribution in [0.25, 0.3) is 0 Å². The van der Waals surface area contributed by atoms with Crippen molar-refractivity contribution >= 4 is 11.3 Å². The maximum atomic E-state index is 13.3. The predicted octanol–water partition coefficient (Wildman–Crippen LogP) is 2.95. The molecule has 0 saturated carbocycles. The Morgan fingerprint density at radius 1 is 1.42 bits per heavy atom. The predicted molar refractivity (Wildman–Crippen MR) is 75.8 cm³/mol. The molecule has 0 radical (unpaired) electrons. The van der Waals surface area contributed by atoms with Crippen LogP contribution in [0.15, 0.2) is 29.6 Å². The van der Waals surface area contributed by atoms with E-state index in [2.05, 4.69) is 5.43 Å². The van der Waals surface area contributed by atoms with Gasteiger partial charge in [0.25, 0.3) is 0 Å². The summed E-state index contributed by atoms with van der Waals surface area (Å²) in [5.74, 6) is 6.21. The minimum atomic E-state index is -0.222. The number of nitrogens with one attached hydrogen (secondary N) is 1. The molecule has 1 heterocycles. The number of ether oxygens (including phenoxy) is 1. The highest BCUT2D eigenvalue weighted by molar-refractivity contribution is 7.10. The molecule has 1 atom stereocenters. The van der Waals surface area contributed by atoms with E-state index < -0.39 is 0 Å². The van der Waals surface area contributed by atoms with Crippen LogP contribution in [0, 0.1) is 12.7 Å². The van der Waals surface area contributed by atoms with Crippen LogP contribution >= 0.6 is 11.3 Å². The fourth-order valence-corrected chi connectivity index (χ4v) is 2.86. The van der Waals surface area contributed by atoms with E-state index in [0.717, 1.165) is 21.8 Å². The molecule has 1 aromatic carbocycles. The average Bonchev–Trinajstić information content (AvgIpc) is 2.88. The lowest BCUT2D eigenvalue weighted by Gasteiger charge is -2.15. The number of benzene rings is 1. The van der Waals surface area contributed by atoms with Crippen molar-refractivity contribution in [1.29, 1.82) is 0 Å².